The Labute approximate surface area is 157 Å². The van der Waals surface area contributed by atoms with Crippen LogP contribution in [0.25, 0.3) is 0 Å². The highest BCUT2D eigenvalue weighted by Crippen LogP contribution is 2.16. The highest BCUT2D eigenvalue weighted by Gasteiger charge is 2.25. The number of quaternary nitrogens is 2. The fourth-order valence-electron chi connectivity index (χ4n) is 3.10. The van der Waals surface area contributed by atoms with Crippen LogP contribution in [0.4, 0.5) is 5.69 Å². The molecule has 0 spiro atoms. The van der Waals surface area contributed by atoms with Gasteiger partial charge in [0, 0.05) is 16.8 Å². The van der Waals surface area contributed by atoms with Gasteiger partial charge in [-0.3, -0.25) is 4.79 Å². The number of nitrogens with one attached hydrogen (secondary N) is 3. The van der Waals surface area contributed by atoms with Crippen LogP contribution in [0.1, 0.15) is 5.56 Å². The predicted molar refractivity (Wildman–Crippen MR) is 99.3 cm³/mol. The van der Waals surface area contributed by atoms with Gasteiger partial charge in [-0.1, -0.05) is 35.3 Å². The predicted octanol–water partition coefficient (Wildman–Crippen LogP) is 0.311. The summed E-state index contributed by atoms with van der Waals surface area (Å²) in [4.78, 5) is 19.0. The largest absolute Gasteiger partial charge is 0.322 e. The van der Waals surface area contributed by atoms with Crippen molar-refractivity contribution < 1.29 is 14.6 Å². The van der Waals surface area contributed by atoms with Crippen molar-refractivity contribution in [2.75, 3.05) is 38.0 Å². The van der Waals surface area contributed by atoms with Crippen molar-refractivity contribution in [3.63, 3.8) is 0 Å². The molecule has 1 aliphatic rings. The molecule has 0 bridgehead atoms. The van der Waals surface area contributed by atoms with Gasteiger partial charge in [0.1, 0.15) is 32.7 Å². The summed E-state index contributed by atoms with van der Waals surface area (Å²) in [5, 5.41) is 3.93. The number of aromatic nitrogens is 1. The zero-order chi connectivity index (χ0) is 17.6. The van der Waals surface area contributed by atoms with Crippen molar-refractivity contribution in [3.05, 3.63) is 58.3 Å². The smallest absolute Gasteiger partial charge is 0.279 e. The molecular weight excluding hydrogens is 359 g/mol. The number of hydrogen-bond donors (Lipinski definition) is 3. The van der Waals surface area contributed by atoms with E-state index in [-0.39, 0.29) is 5.91 Å². The zero-order valence-corrected chi connectivity index (χ0v) is 15.4. The minimum absolute atomic E-state index is 0.0222. The van der Waals surface area contributed by atoms with Crippen LogP contribution < -0.4 is 15.1 Å². The molecule has 2 heterocycles. The van der Waals surface area contributed by atoms with Crippen LogP contribution in [0.3, 0.4) is 0 Å². The average Bonchev–Trinajstić information content (AvgIpc) is 2.61. The van der Waals surface area contributed by atoms with Crippen molar-refractivity contribution in [2.45, 2.75) is 6.54 Å². The summed E-state index contributed by atoms with van der Waals surface area (Å²) in [6.45, 7) is 5.54. The molecule has 1 aromatic heterocycles. The van der Waals surface area contributed by atoms with E-state index in [9.17, 15) is 4.79 Å². The Hall–Kier alpha value is -1.66. The maximum absolute atomic E-state index is 12.2. The SMILES string of the molecule is O=C(C[NH+]1CC[NH+](Cc2ccc(Cl)cc2)CC1)Nc1cccnc1Cl. The van der Waals surface area contributed by atoms with Gasteiger partial charge in [0.05, 0.1) is 5.69 Å². The number of hydrogen-bond acceptors (Lipinski definition) is 2. The van der Waals surface area contributed by atoms with Crippen molar-refractivity contribution in [3.8, 4) is 0 Å². The molecule has 132 valence electrons. The molecular formula is C18H22Cl2N4O+2. The first-order valence-electron chi connectivity index (χ1n) is 8.42. The molecule has 1 amide bonds. The van der Waals surface area contributed by atoms with Gasteiger partial charge in [0.25, 0.3) is 5.91 Å². The normalized spacial score (nSPS) is 20.2. The summed E-state index contributed by atoms with van der Waals surface area (Å²) in [7, 11) is 0. The molecule has 1 aromatic carbocycles. The maximum Gasteiger partial charge on any atom is 0.279 e. The molecule has 25 heavy (non-hydrogen) atoms. The third-order valence-corrected chi connectivity index (χ3v) is 5.03. The van der Waals surface area contributed by atoms with Crippen molar-refractivity contribution >= 4 is 34.8 Å². The molecule has 0 unspecified atom stereocenters. The molecule has 7 heteroatoms. The maximum atomic E-state index is 12.2. The third-order valence-electron chi connectivity index (χ3n) is 4.48. The Balaban J connectivity index is 1.43. The Morgan fingerprint density at radius 3 is 2.40 bits per heavy atom. The Kier molecular flexibility index (Phi) is 6.26. The van der Waals surface area contributed by atoms with E-state index in [0.717, 1.165) is 37.7 Å². The fraction of sp³-hybridized carbons (Fsp3) is 0.333. The van der Waals surface area contributed by atoms with E-state index in [1.54, 1.807) is 23.2 Å². The van der Waals surface area contributed by atoms with Gasteiger partial charge in [-0.15, -0.1) is 0 Å². The second kappa shape index (κ2) is 8.63. The molecule has 1 saturated heterocycles. The molecule has 1 aliphatic heterocycles. The summed E-state index contributed by atoms with van der Waals surface area (Å²) in [5.41, 5.74) is 1.87. The lowest BCUT2D eigenvalue weighted by Gasteiger charge is -2.29. The summed E-state index contributed by atoms with van der Waals surface area (Å²) >= 11 is 11.9. The van der Waals surface area contributed by atoms with Crippen LogP contribution in [0, 0.1) is 0 Å². The van der Waals surface area contributed by atoms with Gasteiger partial charge < -0.3 is 15.1 Å². The molecule has 3 rings (SSSR count). The van der Waals surface area contributed by atoms with Gasteiger partial charge in [0.2, 0.25) is 0 Å². The zero-order valence-electron chi connectivity index (χ0n) is 13.9. The molecule has 0 atom stereocenters. The van der Waals surface area contributed by atoms with E-state index < -0.39 is 0 Å². The second-order valence-electron chi connectivity index (χ2n) is 6.37. The summed E-state index contributed by atoms with van der Waals surface area (Å²) < 4.78 is 0. The van der Waals surface area contributed by atoms with Crippen molar-refractivity contribution in [1.29, 1.82) is 0 Å². The number of benzene rings is 1. The van der Waals surface area contributed by atoms with Crippen LogP contribution in [-0.2, 0) is 11.3 Å². The highest BCUT2D eigenvalue weighted by molar-refractivity contribution is 6.32. The van der Waals surface area contributed by atoms with Crippen molar-refractivity contribution in [2.24, 2.45) is 0 Å². The fourth-order valence-corrected chi connectivity index (χ4v) is 3.39. The van der Waals surface area contributed by atoms with Gasteiger partial charge >= 0.3 is 0 Å². The summed E-state index contributed by atoms with van der Waals surface area (Å²) in [6.07, 6.45) is 1.60. The van der Waals surface area contributed by atoms with Gasteiger partial charge in [0.15, 0.2) is 11.7 Å². The number of carbonyl (C=O) groups is 1. The summed E-state index contributed by atoms with van der Waals surface area (Å²) in [6, 6.07) is 11.6. The highest BCUT2D eigenvalue weighted by atomic mass is 35.5. The van der Waals surface area contributed by atoms with Gasteiger partial charge in [-0.05, 0) is 24.3 Å². The molecule has 0 saturated carbocycles. The van der Waals surface area contributed by atoms with Crippen LogP contribution >= 0.6 is 23.2 Å². The van der Waals surface area contributed by atoms with Crippen molar-refractivity contribution in [1.82, 2.24) is 4.98 Å². The minimum atomic E-state index is -0.0222. The standard InChI is InChI=1S/C18H20Cl2N4O/c19-15-5-3-14(4-6-15)12-23-8-10-24(11-9-23)13-17(25)22-16-2-1-7-21-18(16)20/h1-7H,8-13H2,(H,22,25)/p+2. The Morgan fingerprint density at radius 2 is 1.72 bits per heavy atom. The minimum Gasteiger partial charge on any atom is -0.322 e. The number of rotatable bonds is 5. The monoisotopic (exact) mass is 380 g/mol. The number of nitrogens with zero attached hydrogens (tertiary/aromatic N) is 1. The summed E-state index contributed by atoms with van der Waals surface area (Å²) in [5.74, 6) is -0.0222. The topological polar surface area (TPSA) is 50.9 Å². The lowest BCUT2D eigenvalue weighted by molar-refractivity contribution is -1.02. The first-order valence-corrected chi connectivity index (χ1v) is 9.17. The first kappa shape index (κ1) is 18.1. The number of amides is 1. The van der Waals surface area contributed by atoms with Gasteiger partial charge in [-0.2, -0.15) is 0 Å². The Morgan fingerprint density at radius 1 is 1.04 bits per heavy atom. The number of anilines is 1. The number of pyridine rings is 1. The van der Waals surface area contributed by atoms with Crippen LogP contribution in [0.2, 0.25) is 10.2 Å². The number of piperazine rings is 1. The number of halogens is 2. The molecule has 5 nitrogen and oxygen atoms in total. The van der Waals surface area contributed by atoms with E-state index in [1.807, 2.05) is 12.1 Å². The lowest BCUT2D eigenvalue weighted by atomic mass is 10.2. The molecule has 3 N–H and O–H groups in total. The quantitative estimate of drug-likeness (QED) is 0.654. The van der Waals surface area contributed by atoms with E-state index in [0.29, 0.717) is 17.4 Å². The molecule has 0 radical (unpaired) electrons. The van der Waals surface area contributed by atoms with Crippen LogP contribution in [0.5, 0.6) is 0 Å². The van der Waals surface area contributed by atoms with Crippen LogP contribution in [0.15, 0.2) is 42.6 Å². The average molecular weight is 381 g/mol. The van der Waals surface area contributed by atoms with E-state index in [4.69, 9.17) is 23.2 Å². The first-order chi connectivity index (χ1) is 12.1. The number of carbonyl (C=O) groups excluding carboxylic acids is 1. The third kappa shape index (κ3) is 5.41. The van der Waals surface area contributed by atoms with Gasteiger partial charge in [-0.25, -0.2) is 4.98 Å². The van der Waals surface area contributed by atoms with Crippen LogP contribution in [-0.4, -0.2) is 43.6 Å². The van der Waals surface area contributed by atoms with E-state index in [2.05, 4.69) is 22.4 Å². The van der Waals surface area contributed by atoms with E-state index >= 15 is 0 Å². The Bertz CT molecular complexity index is 715. The second-order valence-corrected chi connectivity index (χ2v) is 7.16. The molecule has 1 fully saturated rings. The molecule has 0 aliphatic carbocycles. The molecule has 2 aromatic rings. The van der Waals surface area contributed by atoms with E-state index in [1.165, 1.54) is 10.5 Å². The lowest BCUT2D eigenvalue weighted by Crippen LogP contribution is -3.28.